The largest absolute Gasteiger partial charge is 0.530 e. The highest BCUT2D eigenvalue weighted by atomic mass is 35.5. The normalized spacial score (nSPS) is 10.3. The summed E-state index contributed by atoms with van der Waals surface area (Å²) >= 11 is 5.63. The number of halogens is 1. The molecule has 0 spiro atoms. The lowest BCUT2D eigenvalue weighted by atomic mass is 10.3. The molecule has 0 bridgehead atoms. The number of hydrogen-bond donors (Lipinski definition) is 0. The Labute approximate surface area is 87.1 Å². The van der Waals surface area contributed by atoms with Crippen LogP contribution in [0.1, 0.15) is 13.8 Å². The molecule has 0 aliphatic carbocycles. The number of hydrogen-bond acceptors (Lipinski definition) is 3. The molecule has 14 heavy (non-hydrogen) atoms. The summed E-state index contributed by atoms with van der Waals surface area (Å²) in [5.41, 5.74) is 0. The molecule has 0 atom stereocenters. The van der Waals surface area contributed by atoms with Crippen LogP contribution in [0.15, 0.2) is 18.3 Å². The van der Waals surface area contributed by atoms with E-state index in [1.807, 2.05) is 0 Å². The lowest BCUT2D eigenvalue weighted by molar-refractivity contribution is -0.247. The molecule has 1 heterocycles. The van der Waals surface area contributed by atoms with Crippen LogP contribution < -0.4 is 10.0 Å². The molecule has 0 fully saturated rings. The second-order valence-electron chi connectivity index (χ2n) is 3.06. The summed E-state index contributed by atoms with van der Waals surface area (Å²) in [6.07, 6.45) is 0.129. The fraction of sp³-hybridized carbons (Fsp3) is 0.333. The summed E-state index contributed by atoms with van der Waals surface area (Å²) in [5.74, 6) is 0.324. The SMILES string of the molecule is CC(C)N(C(=O)[O-])c1ccc(Cl)cn1. The van der Waals surface area contributed by atoms with Crippen molar-refractivity contribution in [1.29, 1.82) is 0 Å². The fourth-order valence-corrected chi connectivity index (χ4v) is 1.19. The third kappa shape index (κ3) is 2.35. The van der Waals surface area contributed by atoms with Crippen LogP contribution in [0.3, 0.4) is 0 Å². The van der Waals surface area contributed by atoms with Gasteiger partial charge in [-0.1, -0.05) is 11.6 Å². The van der Waals surface area contributed by atoms with Crippen molar-refractivity contribution in [3.8, 4) is 0 Å². The maximum atomic E-state index is 10.8. The first-order valence-electron chi connectivity index (χ1n) is 4.14. The maximum absolute atomic E-state index is 10.8. The van der Waals surface area contributed by atoms with Crippen molar-refractivity contribution in [3.63, 3.8) is 0 Å². The number of anilines is 1. The summed E-state index contributed by atoms with van der Waals surface area (Å²) in [7, 11) is 0. The second kappa shape index (κ2) is 4.28. The van der Waals surface area contributed by atoms with Crippen molar-refractivity contribution in [2.24, 2.45) is 0 Å². The average molecular weight is 214 g/mol. The quantitative estimate of drug-likeness (QED) is 0.744. The minimum absolute atomic E-state index is 0.214. The first-order valence-corrected chi connectivity index (χ1v) is 4.52. The Bertz CT molecular complexity index is 324. The van der Waals surface area contributed by atoms with E-state index in [0.717, 1.165) is 4.90 Å². The van der Waals surface area contributed by atoms with Gasteiger partial charge in [0.1, 0.15) is 11.9 Å². The minimum atomic E-state index is -1.27. The van der Waals surface area contributed by atoms with E-state index in [4.69, 9.17) is 11.6 Å². The molecule has 5 heteroatoms. The zero-order valence-corrected chi connectivity index (χ0v) is 8.65. The maximum Gasteiger partial charge on any atom is 0.143 e. The van der Waals surface area contributed by atoms with E-state index in [1.54, 1.807) is 19.9 Å². The van der Waals surface area contributed by atoms with Crippen molar-refractivity contribution < 1.29 is 9.90 Å². The van der Waals surface area contributed by atoms with Crippen LogP contribution in [0, 0.1) is 0 Å². The molecule has 4 nitrogen and oxygen atoms in total. The van der Waals surface area contributed by atoms with Gasteiger partial charge in [0.25, 0.3) is 0 Å². The minimum Gasteiger partial charge on any atom is -0.530 e. The summed E-state index contributed by atoms with van der Waals surface area (Å²) in [5, 5.41) is 11.2. The lowest BCUT2D eigenvalue weighted by Gasteiger charge is -2.27. The van der Waals surface area contributed by atoms with E-state index >= 15 is 0 Å². The number of carboxylic acid groups (broad SMARTS) is 1. The number of aromatic nitrogens is 1. The summed E-state index contributed by atoms with van der Waals surface area (Å²) in [6.45, 7) is 3.48. The van der Waals surface area contributed by atoms with Crippen LogP contribution >= 0.6 is 11.6 Å². The molecule has 1 rings (SSSR count). The van der Waals surface area contributed by atoms with Crippen LogP contribution in [0.2, 0.25) is 5.02 Å². The van der Waals surface area contributed by atoms with Gasteiger partial charge in [0.05, 0.1) is 5.02 Å². The van der Waals surface area contributed by atoms with Crippen LogP contribution in [0.5, 0.6) is 0 Å². The zero-order chi connectivity index (χ0) is 10.7. The lowest BCUT2D eigenvalue weighted by Crippen LogP contribution is -2.45. The number of pyridine rings is 1. The monoisotopic (exact) mass is 213 g/mol. The predicted octanol–water partition coefficient (Wildman–Crippen LogP) is 1.29. The summed E-state index contributed by atoms with van der Waals surface area (Å²) < 4.78 is 0. The molecule has 1 amide bonds. The topological polar surface area (TPSA) is 56.3 Å². The standard InChI is InChI=1S/C9H11ClN2O2/c1-6(2)12(9(13)14)8-4-3-7(10)5-11-8/h3-6H,1-2H3,(H,13,14)/p-1. The number of carbonyl (C=O) groups is 1. The third-order valence-electron chi connectivity index (χ3n) is 1.67. The zero-order valence-electron chi connectivity index (χ0n) is 7.90. The molecule has 0 N–H and O–H groups in total. The molecule has 0 aliphatic rings. The molecule has 0 unspecified atom stereocenters. The van der Waals surface area contributed by atoms with E-state index in [0.29, 0.717) is 10.8 Å². The molecule has 1 aromatic heterocycles. The summed E-state index contributed by atoms with van der Waals surface area (Å²) in [4.78, 5) is 15.7. The second-order valence-corrected chi connectivity index (χ2v) is 3.50. The average Bonchev–Trinajstić information content (AvgIpc) is 2.07. The fourth-order valence-electron chi connectivity index (χ4n) is 1.08. The van der Waals surface area contributed by atoms with E-state index < -0.39 is 6.09 Å². The predicted molar refractivity (Wildman–Crippen MR) is 52.3 cm³/mol. The van der Waals surface area contributed by atoms with Gasteiger partial charge < -0.3 is 14.8 Å². The molecular formula is C9H10ClN2O2-. The highest BCUT2D eigenvalue weighted by Gasteiger charge is 2.12. The third-order valence-corrected chi connectivity index (χ3v) is 1.90. The van der Waals surface area contributed by atoms with Crippen molar-refractivity contribution in [2.45, 2.75) is 19.9 Å². The Balaban J connectivity index is 3.00. The van der Waals surface area contributed by atoms with Crippen molar-refractivity contribution >= 4 is 23.5 Å². The first-order chi connectivity index (χ1) is 6.52. The van der Waals surface area contributed by atoms with Crippen molar-refractivity contribution in [3.05, 3.63) is 23.4 Å². The van der Waals surface area contributed by atoms with Gasteiger partial charge in [0.2, 0.25) is 0 Å². The number of carbonyl (C=O) groups excluding carboxylic acids is 1. The van der Waals surface area contributed by atoms with Crippen LogP contribution in [-0.4, -0.2) is 17.1 Å². The number of amides is 1. The molecular weight excluding hydrogens is 204 g/mol. The smallest absolute Gasteiger partial charge is 0.143 e. The first kappa shape index (κ1) is 10.8. The molecule has 76 valence electrons. The molecule has 0 aromatic carbocycles. The van der Waals surface area contributed by atoms with Crippen LogP contribution in [0.25, 0.3) is 0 Å². The molecule has 0 saturated heterocycles. The van der Waals surface area contributed by atoms with E-state index in [2.05, 4.69) is 4.98 Å². The van der Waals surface area contributed by atoms with Gasteiger partial charge in [0.15, 0.2) is 0 Å². The highest BCUT2D eigenvalue weighted by molar-refractivity contribution is 6.30. The number of nitrogens with zero attached hydrogens (tertiary/aromatic N) is 2. The van der Waals surface area contributed by atoms with Crippen molar-refractivity contribution in [2.75, 3.05) is 4.90 Å². The molecule has 0 aliphatic heterocycles. The van der Waals surface area contributed by atoms with Crippen LogP contribution in [0.4, 0.5) is 10.6 Å². The van der Waals surface area contributed by atoms with Gasteiger partial charge in [-0.15, -0.1) is 0 Å². The Morgan fingerprint density at radius 3 is 2.57 bits per heavy atom. The van der Waals surface area contributed by atoms with Gasteiger partial charge in [0, 0.05) is 12.2 Å². The van der Waals surface area contributed by atoms with E-state index in [1.165, 1.54) is 12.3 Å². The van der Waals surface area contributed by atoms with Gasteiger partial charge in [-0.05, 0) is 26.0 Å². The van der Waals surface area contributed by atoms with Crippen molar-refractivity contribution in [1.82, 2.24) is 4.98 Å². The number of rotatable bonds is 2. The van der Waals surface area contributed by atoms with Gasteiger partial charge in [-0.25, -0.2) is 4.98 Å². The molecule has 0 saturated carbocycles. The highest BCUT2D eigenvalue weighted by Crippen LogP contribution is 2.15. The summed E-state index contributed by atoms with van der Waals surface area (Å²) in [6, 6.07) is 2.91. The van der Waals surface area contributed by atoms with E-state index in [-0.39, 0.29) is 6.04 Å². The van der Waals surface area contributed by atoms with Gasteiger partial charge in [-0.2, -0.15) is 0 Å². The van der Waals surface area contributed by atoms with E-state index in [9.17, 15) is 9.90 Å². The Kier molecular flexibility index (Phi) is 3.30. The Morgan fingerprint density at radius 2 is 2.21 bits per heavy atom. The molecule has 0 radical (unpaired) electrons. The Hall–Kier alpha value is -1.29. The van der Waals surface area contributed by atoms with Crippen LogP contribution in [-0.2, 0) is 0 Å². The van der Waals surface area contributed by atoms with Gasteiger partial charge in [-0.3, -0.25) is 0 Å². The Morgan fingerprint density at radius 1 is 1.57 bits per heavy atom. The van der Waals surface area contributed by atoms with Gasteiger partial charge >= 0.3 is 0 Å². The molecule has 1 aromatic rings.